The zero-order valence-electron chi connectivity index (χ0n) is 17.1. The molecule has 0 aliphatic carbocycles. The molecule has 7 nitrogen and oxygen atoms in total. The summed E-state index contributed by atoms with van der Waals surface area (Å²) < 4.78 is 0. The Morgan fingerprint density at radius 3 is 2.79 bits per heavy atom. The molecule has 2 N–H and O–H groups in total. The second kappa shape index (κ2) is 9.87. The van der Waals surface area contributed by atoms with Gasteiger partial charge >= 0.3 is 0 Å². The zero-order valence-corrected chi connectivity index (χ0v) is 17.1. The Morgan fingerprint density at radius 2 is 2.03 bits per heavy atom. The fourth-order valence-electron chi connectivity index (χ4n) is 4.22. The van der Waals surface area contributed by atoms with Gasteiger partial charge in [-0.15, -0.1) is 0 Å². The van der Waals surface area contributed by atoms with E-state index in [4.69, 9.17) is 0 Å². The lowest BCUT2D eigenvalue weighted by molar-refractivity contribution is -0.143. The van der Waals surface area contributed by atoms with Gasteiger partial charge < -0.3 is 20.2 Å². The van der Waals surface area contributed by atoms with E-state index in [1.807, 2.05) is 11.8 Å². The van der Waals surface area contributed by atoms with Crippen molar-refractivity contribution in [1.29, 1.82) is 0 Å². The first kappa shape index (κ1) is 21.3. The number of aliphatic hydroxyl groups excluding tert-OH is 1. The van der Waals surface area contributed by atoms with E-state index >= 15 is 0 Å². The standard InChI is InChI=1S/C22H31N3O4/c1-2-24-13-18(9-10-20(24)27)22(29)25-11-4-3-8-19(14-25)23-21(28)17-7-5-6-16(12-17)15-26/h5-7,12,18-19,26H,2-4,8-11,13-15H2,1H3,(H,23,28). The van der Waals surface area contributed by atoms with Crippen LogP contribution < -0.4 is 5.32 Å². The van der Waals surface area contributed by atoms with Crippen molar-refractivity contribution < 1.29 is 19.5 Å². The number of hydrogen-bond acceptors (Lipinski definition) is 4. The molecule has 29 heavy (non-hydrogen) atoms. The van der Waals surface area contributed by atoms with Gasteiger partial charge in [-0.05, 0) is 50.3 Å². The Labute approximate surface area is 172 Å². The Hall–Kier alpha value is -2.41. The van der Waals surface area contributed by atoms with Gasteiger partial charge in [-0.3, -0.25) is 14.4 Å². The highest BCUT2D eigenvalue weighted by molar-refractivity contribution is 5.94. The van der Waals surface area contributed by atoms with E-state index in [-0.39, 0.29) is 36.3 Å². The Balaban J connectivity index is 1.62. The molecule has 2 saturated heterocycles. The van der Waals surface area contributed by atoms with E-state index in [1.54, 1.807) is 29.2 Å². The third-order valence-corrected chi connectivity index (χ3v) is 5.92. The molecule has 2 heterocycles. The van der Waals surface area contributed by atoms with E-state index in [2.05, 4.69) is 5.32 Å². The van der Waals surface area contributed by atoms with Crippen LogP contribution in [0.15, 0.2) is 24.3 Å². The van der Waals surface area contributed by atoms with E-state index in [9.17, 15) is 19.5 Å². The third-order valence-electron chi connectivity index (χ3n) is 5.92. The molecule has 3 amide bonds. The first-order chi connectivity index (χ1) is 14.0. The van der Waals surface area contributed by atoms with Crippen molar-refractivity contribution >= 4 is 17.7 Å². The van der Waals surface area contributed by atoms with E-state index in [1.165, 1.54) is 0 Å². The first-order valence-corrected chi connectivity index (χ1v) is 10.6. The summed E-state index contributed by atoms with van der Waals surface area (Å²) in [7, 11) is 0. The molecule has 0 radical (unpaired) electrons. The summed E-state index contributed by atoms with van der Waals surface area (Å²) in [6, 6.07) is 6.85. The van der Waals surface area contributed by atoms with Crippen LogP contribution in [0.1, 0.15) is 54.9 Å². The third kappa shape index (κ3) is 5.35. The second-order valence-corrected chi connectivity index (χ2v) is 7.98. The number of piperidine rings is 1. The lowest BCUT2D eigenvalue weighted by Gasteiger charge is -2.35. The molecule has 0 saturated carbocycles. The van der Waals surface area contributed by atoms with Gasteiger partial charge in [-0.1, -0.05) is 12.1 Å². The highest BCUT2D eigenvalue weighted by Gasteiger charge is 2.33. The number of benzene rings is 1. The number of likely N-dealkylation sites (tertiary alicyclic amines) is 2. The lowest BCUT2D eigenvalue weighted by atomic mass is 9.95. The molecule has 1 aromatic carbocycles. The molecular weight excluding hydrogens is 370 g/mol. The van der Waals surface area contributed by atoms with Crippen molar-refractivity contribution in [3.63, 3.8) is 0 Å². The maximum Gasteiger partial charge on any atom is 0.251 e. The minimum atomic E-state index is -0.181. The fraction of sp³-hybridized carbons (Fsp3) is 0.591. The number of carbonyl (C=O) groups is 3. The van der Waals surface area contributed by atoms with Gasteiger partial charge in [0.2, 0.25) is 11.8 Å². The number of amides is 3. The van der Waals surface area contributed by atoms with Crippen molar-refractivity contribution in [1.82, 2.24) is 15.1 Å². The number of aliphatic hydroxyl groups is 1. The number of carbonyl (C=O) groups excluding carboxylic acids is 3. The van der Waals surface area contributed by atoms with Gasteiger partial charge in [0.15, 0.2) is 0 Å². The highest BCUT2D eigenvalue weighted by atomic mass is 16.3. The number of nitrogens with one attached hydrogen (secondary N) is 1. The summed E-state index contributed by atoms with van der Waals surface area (Å²) >= 11 is 0. The summed E-state index contributed by atoms with van der Waals surface area (Å²) in [5, 5.41) is 12.3. The van der Waals surface area contributed by atoms with Gasteiger partial charge in [0.1, 0.15) is 0 Å². The molecular formula is C22H31N3O4. The Bertz CT molecular complexity index is 751. The fourth-order valence-corrected chi connectivity index (χ4v) is 4.22. The second-order valence-electron chi connectivity index (χ2n) is 7.98. The van der Waals surface area contributed by atoms with Gasteiger partial charge in [0, 0.05) is 44.2 Å². The van der Waals surface area contributed by atoms with Crippen LogP contribution in [0, 0.1) is 5.92 Å². The number of rotatable bonds is 5. The Kier molecular flexibility index (Phi) is 7.25. The summed E-state index contributed by atoms with van der Waals surface area (Å²) in [6.07, 6.45) is 3.74. The minimum Gasteiger partial charge on any atom is -0.392 e. The van der Waals surface area contributed by atoms with Gasteiger partial charge in [0.05, 0.1) is 12.5 Å². The van der Waals surface area contributed by atoms with Crippen LogP contribution in [0.2, 0.25) is 0 Å². The molecule has 2 atom stereocenters. The van der Waals surface area contributed by atoms with Crippen molar-refractivity contribution in [2.75, 3.05) is 26.2 Å². The van der Waals surface area contributed by atoms with E-state index in [0.29, 0.717) is 50.1 Å². The van der Waals surface area contributed by atoms with Crippen LogP contribution in [-0.4, -0.2) is 64.8 Å². The highest BCUT2D eigenvalue weighted by Crippen LogP contribution is 2.22. The quantitative estimate of drug-likeness (QED) is 0.783. The molecule has 0 spiro atoms. The zero-order chi connectivity index (χ0) is 20.8. The molecule has 3 rings (SSSR count). The smallest absolute Gasteiger partial charge is 0.251 e. The first-order valence-electron chi connectivity index (χ1n) is 10.6. The van der Waals surface area contributed by atoms with Crippen LogP contribution in [0.3, 0.4) is 0 Å². The van der Waals surface area contributed by atoms with Crippen LogP contribution in [0.5, 0.6) is 0 Å². The van der Waals surface area contributed by atoms with Crippen molar-refractivity contribution in [2.24, 2.45) is 5.92 Å². The maximum absolute atomic E-state index is 13.1. The summed E-state index contributed by atoms with van der Waals surface area (Å²) in [4.78, 5) is 41.3. The van der Waals surface area contributed by atoms with Gasteiger partial charge in [0.25, 0.3) is 5.91 Å². The van der Waals surface area contributed by atoms with Crippen LogP contribution in [-0.2, 0) is 16.2 Å². The van der Waals surface area contributed by atoms with Crippen LogP contribution >= 0.6 is 0 Å². The van der Waals surface area contributed by atoms with Crippen LogP contribution in [0.4, 0.5) is 0 Å². The summed E-state index contributed by atoms with van der Waals surface area (Å²) in [5.74, 6) is -0.106. The SMILES string of the molecule is CCN1CC(C(=O)N2CCCCC(NC(=O)c3cccc(CO)c3)C2)CCC1=O. The predicted octanol–water partition coefficient (Wildman–Crippen LogP) is 1.55. The largest absolute Gasteiger partial charge is 0.392 e. The molecule has 0 aromatic heterocycles. The van der Waals surface area contributed by atoms with Crippen molar-refractivity contribution in [3.05, 3.63) is 35.4 Å². The summed E-state index contributed by atoms with van der Waals surface area (Å²) in [5.41, 5.74) is 1.21. The van der Waals surface area contributed by atoms with Crippen molar-refractivity contribution in [2.45, 2.75) is 51.7 Å². The number of nitrogens with zero attached hydrogens (tertiary/aromatic N) is 2. The minimum absolute atomic E-state index is 0.0966. The van der Waals surface area contributed by atoms with Crippen molar-refractivity contribution in [3.8, 4) is 0 Å². The lowest BCUT2D eigenvalue weighted by Crippen LogP contribution is -2.50. The maximum atomic E-state index is 13.1. The molecule has 2 aliphatic heterocycles. The topological polar surface area (TPSA) is 90.0 Å². The van der Waals surface area contributed by atoms with E-state index in [0.717, 1.165) is 19.3 Å². The normalized spacial score (nSPS) is 22.9. The molecule has 0 bridgehead atoms. The van der Waals surface area contributed by atoms with Gasteiger partial charge in [-0.25, -0.2) is 0 Å². The van der Waals surface area contributed by atoms with Crippen LogP contribution in [0.25, 0.3) is 0 Å². The average Bonchev–Trinajstić information content (AvgIpc) is 2.99. The molecule has 7 heteroatoms. The van der Waals surface area contributed by atoms with E-state index < -0.39 is 0 Å². The van der Waals surface area contributed by atoms with Gasteiger partial charge in [-0.2, -0.15) is 0 Å². The number of hydrogen-bond donors (Lipinski definition) is 2. The summed E-state index contributed by atoms with van der Waals surface area (Å²) in [6.45, 7) is 4.16. The molecule has 1 aromatic rings. The molecule has 158 valence electrons. The average molecular weight is 402 g/mol. The Morgan fingerprint density at radius 1 is 1.21 bits per heavy atom. The molecule has 2 unspecified atom stereocenters. The monoisotopic (exact) mass is 401 g/mol. The molecule has 2 fully saturated rings. The predicted molar refractivity (Wildman–Crippen MR) is 109 cm³/mol. The molecule has 2 aliphatic rings.